The molecule has 3 heterocycles. The Labute approximate surface area is 180 Å². The topological polar surface area (TPSA) is 70.1 Å². The van der Waals surface area contributed by atoms with Gasteiger partial charge in [-0.2, -0.15) is 0 Å². The number of methoxy groups -OCH3 is 2. The minimum Gasteiger partial charge on any atom is -0.493 e. The number of benzene rings is 1. The first-order chi connectivity index (χ1) is 14.6. The summed E-state index contributed by atoms with van der Waals surface area (Å²) in [6.45, 7) is 2.45. The maximum atomic E-state index is 13.1. The van der Waals surface area contributed by atoms with Gasteiger partial charge in [0.2, 0.25) is 5.88 Å². The lowest BCUT2D eigenvalue weighted by atomic mass is 9.98. The molecule has 0 unspecified atom stereocenters. The van der Waals surface area contributed by atoms with Crippen LogP contribution in [0.1, 0.15) is 34.3 Å². The summed E-state index contributed by atoms with van der Waals surface area (Å²) in [5, 5.41) is 0.344. The van der Waals surface area contributed by atoms with Gasteiger partial charge in [0.25, 0.3) is 5.91 Å². The molecule has 7 nitrogen and oxygen atoms in total. The predicted octanol–water partition coefficient (Wildman–Crippen LogP) is 3.51. The van der Waals surface area contributed by atoms with Crippen LogP contribution in [0.3, 0.4) is 0 Å². The van der Waals surface area contributed by atoms with E-state index in [1.807, 2.05) is 12.1 Å². The van der Waals surface area contributed by atoms with Gasteiger partial charge in [0.15, 0.2) is 11.5 Å². The van der Waals surface area contributed by atoms with E-state index in [0.717, 1.165) is 30.4 Å². The number of pyridine rings is 1. The van der Waals surface area contributed by atoms with Crippen LogP contribution in [0.2, 0.25) is 5.02 Å². The normalized spacial score (nSPS) is 16.7. The van der Waals surface area contributed by atoms with Crippen molar-refractivity contribution in [2.45, 2.75) is 31.9 Å². The zero-order valence-electron chi connectivity index (χ0n) is 17.2. The number of aromatic nitrogens is 1. The minimum absolute atomic E-state index is 0.0378. The lowest BCUT2D eigenvalue weighted by molar-refractivity contribution is 0.0238. The highest BCUT2D eigenvalue weighted by molar-refractivity contribution is 6.32. The molecule has 1 saturated heterocycles. The summed E-state index contributed by atoms with van der Waals surface area (Å²) in [4.78, 5) is 19.2. The molecular weight excluding hydrogens is 408 g/mol. The zero-order valence-corrected chi connectivity index (χ0v) is 17.9. The van der Waals surface area contributed by atoms with E-state index >= 15 is 0 Å². The monoisotopic (exact) mass is 432 g/mol. The Balaban J connectivity index is 1.47. The minimum atomic E-state index is -0.109. The maximum Gasteiger partial charge on any atom is 0.255 e. The Bertz CT molecular complexity index is 930. The lowest BCUT2D eigenvalue weighted by Crippen LogP contribution is -2.36. The van der Waals surface area contributed by atoms with Crippen molar-refractivity contribution in [3.8, 4) is 17.4 Å². The van der Waals surface area contributed by atoms with Crippen molar-refractivity contribution in [3.63, 3.8) is 0 Å². The number of carbonyl (C=O) groups is 1. The highest BCUT2D eigenvalue weighted by atomic mass is 35.5. The van der Waals surface area contributed by atoms with Gasteiger partial charge in [0.1, 0.15) is 11.1 Å². The molecule has 1 aromatic heterocycles. The molecule has 0 aliphatic carbocycles. The molecule has 30 heavy (non-hydrogen) atoms. The van der Waals surface area contributed by atoms with E-state index in [4.69, 9.17) is 30.5 Å². The van der Waals surface area contributed by atoms with Crippen LogP contribution in [0.4, 0.5) is 0 Å². The van der Waals surface area contributed by atoms with Gasteiger partial charge < -0.3 is 23.8 Å². The largest absolute Gasteiger partial charge is 0.493 e. The number of nitrogens with zero attached hydrogens (tertiary/aromatic N) is 2. The van der Waals surface area contributed by atoms with Gasteiger partial charge in [-0.25, -0.2) is 4.98 Å². The van der Waals surface area contributed by atoms with Crippen molar-refractivity contribution in [2.24, 2.45) is 0 Å². The molecule has 0 saturated carbocycles. The van der Waals surface area contributed by atoms with Crippen LogP contribution in [0, 0.1) is 0 Å². The van der Waals surface area contributed by atoms with Crippen LogP contribution in [-0.2, 0) is 17.7 Å². The van der Waals surface area contributed by atoms with Crippen LogP contribution in [-0.4, -0.2) is 55.9 Å². The smallest absolute Gasteiger partial charge is 0.255 e. The van der Waals surface area contributed by atoms with Crippen molar-refractivity contribution in [1.82, 2.24) is 9.88 Å². The molecular formula is C22H25ClN2O5. The van der Waals surface area contributed by atoms with Gasteiger partial charge in [-0.3, -0.25) is 4.79 Å². The Kier molecular flexibility index (Phi) is 6.29. The fourth-order valence-electron chi connectivity index (χ4n) is 3.82. The number of hydrogen-bond donors (Lipinski definition) is 0. The molecule has 0 atom stereocenters. The second-order valence-electron chi connectivity index (χ2n) is 7.39. The fraction of sp³-hybridized carbons (Fsp3) is 0.455. The molecule has 2 aliphatic rings. The van der Waals surface area contributed by atoms with E-state index in [1.54, 1.807) is 25.2 Å². The molecule has 0 radical (unpaired) electrons. The molecule has 0 N–H and O–H groups in total. The lowest BCUT2D eigenvalue weighted by Gasteiger charge is -2.30. The second-order valence-corrected chi connectivity index (χ2v) is 7.80. The molecule has 4 rings (SSSR count). The van der Waals surface area contributed by atoms with Crippen LogP contribution < -0.4 is 14.2 Å². The average molecular weight is 433 g/mol. The van der Waals surface area contributed by atoms with E-state index in [1.165, 1.54) is 6.20 Å². The zero-order chi connectivity index (χ0) is 21.1. The quantitative estimate of drug-likeness (QED) is 0.720. The number of ether oxygens (including phenoxy) is 4. The van der Waals surface area contributed by atoms with Gasteiger partial charge in [-0.05, 0) is 35.7 Å². The standard InChI is InChI=1S/C22H25ClN2O5/c1-27-19-10-14-3-6-25(13-16(14)11-20(19)28-2)22(26)15-9-18(23)21(24-12-15)30-17-4-7-29-8-5-17/h9-12,17H,3-8,13H2,1-2H3. The first-order valence-corrected chi connectivity index (χ1v) is 10.4. The average Bonchev–Trinajstić information content (AvgIpc) is 2.79. The number of halogens is 1. The first-order valence-electron chi connectivity index (χ1n) is 10.0. The number of carbonyl (C=O) groups excluding carboxylic acids is 1. The summed E-state index contributed by atoms with van der Waals surface area (Å²) < 4.78 is 22.0. The Hall–Kier alpha value is -2.51. The summed E-state index contributed by atoms with van der Waals surface area (Å²) in [5.74, 6) is 1.61. The molecule has 8 heteroatoms. The third-order valence-electron chi connectivity index (χ3n) is 5.51. The third kappa shape index (κ3) is 4.32. The van der Waals surface area contributed by atoms with Gasteiger partial charge in [0.05, 0.1) is 33.0 Å². The van der Waals surface area contributed by atoms with E-state index in [-0.39, 0.29) is 12.0 Å². The van der Waals surface area contributed by atoms with Crippen molar-refractivity contribution in [2.75, 3.05) is 34.0 Å². The number of amides is 1. The SMILES string of the molecule is COc1cc2c(cc1OC)CN(C(=O)c1cnc(OC3CCOCC3)c(Cl)c1)CC2. The number of rotatable bonds is 5. The highest BCUT2D eigenvalue weighted by Gasteiger charge is 2.25. The Morgan fingerprint density at radius 1 is 1.13 bits per heavy atom. The Morgan fingerprint density at radius 3 is 2.50 bits per heavy atom. The van der Waals surface area contributed by atoms with E-state index < -0.39 is 0 Å². The summed E-state index contributed by atoms with van der Waals surface area (Å²) in [5.41, 5.74) is 2.65. The van der Waals surface area contributed by atoms with Crippen molar-refractivity contribution >= 4 is 17.5 Å². The summed E-state index contributed by atoms with van der Waals surface area (Å²) >= 11 is 6.37. The molecule has 0 bridgehead atoms. The molecule has 2 aromatic rings. The third-order valence-corrected chi connectivity index (χ3v) is 5.78. The van der Waals surface area contributed by atoms with E-state index in [2.05, 4.69) is 4.98 Å². The predicted molar refractivity (Wildman–Crippen MR) is 112 cm³/mol. The van der Waals surface area contributed by atoms with Crippen molar-refractivity contribution < 1.29 is 23.7 Å². The van der Waals surface area contributed by atoms with Crippen LogP contribution >= 0.6 is 11.6 Å². The summed E-state index contributed by atoms with van der Waals surface area (Å²) in [6.07, 6.45) is 3.93. The summed E-state index contributed by atoms with van der Waals surface area (Å²) in [6, 6.07) is 5.55. The van der Waals surface area contributed by atoms with Crippen molar-refractivity contribution in [1.29, 1.82) is 0 Å². The highest BCUT2D eigenvalue weighted by Crippen LogP contribution is 2.34. The molecule has 0 spiro atoms. The first kappa shape index (κ1) is 20.8. The van der Waals surface area contributed by atoms with Crippen LogP contribution in [0.25, 0.3) is 0 Å². The molecule has 1 fully saturated rings. The number of hydrogen-bond acceptors (Lipinski definition) is 6. The second kappa shape index (κ2) is 9.10. The van der Waals surface area contributed by atoms with Gasteiger partial charge in [0, 0.05) is 32.1 Å². The van der Waals surface area contributed by atoms with E-state index in [9.17, 15) is 4.79 Å². The van der Waals surface area contributed by atoms with Crippen LogP contribution in [0.15, 0.2) is 24.4 Å². The molecule has 2 aliphatic heterocycles. The van der Waals surface area contributed by atoms with Crippen molar-refractivity contribution in [3.05, 3.63) is 46.1 Å². The summed E-state index contributed by atoms with van der Waals surface area (Å²) in [7, 11) is 3.22. The number of fused-ring (bicyclic) bond motifs is 1. The van der Waals surface area contributed by atoms with E-state index in [0.29, 0.717) is 54.3 Å². The maximum absolute atomic E-state index is 13.1. The van der Waals surface area contributed by atoms with Gasteiger partial charge in [-0.1, -0.05) is 11.6 Å². The fourth-order valence-corrected chi connectivity index (χ4v) is 4.03. The molecule has 1 amide bonds. The molecule has 1 aromatic carbocycles. The van der Waals surface area contributed by atoms with Gasteiger partial charge >= 0.3 is 0 Å². The Morgan fingerprint density at radius 2 is 1.83 bits per heavy atom. The van der Waals surface area contributed by atoms with Crippen LogP contribution in [0.5, 0.6) is 17.4 Å². The van der Waals surface area contributed by atoms with Gasteiger partial charge in [-0.15, -0.1) is 0 Å². The molecule has 160 valence electrons.